The van der Waals surface area contributed by atoms with Crippen LogP contribution in [0.4, 0.5) is 0 Å². The third-order valence-electron chi connectivity index (χ3n) is 5.87. The predicted molar refractivity (Wildman–Crippen MR) is 111 cm³/mol. The van der Waals surface area contributed by atoms with E-state index in [1.165, 1.54) is 0 Å². The zero-order chi connectivity index (χ0) is 20.3. The van der Waals surface area contributed by atoms with Gasteiger partial charge in [-0.05, 0) is 44.4 Å². The summed E-state index contributed by atoms with van der Waals surface area (Å²) >= 11 is 0. The molecule has 4 rings (SSSR count). The summed E-state index contributed by atoms with van der Waals surface area (Å²) in [5.74, 6) is 0.889. The molecule has 6 nitrogen and oxygen atoms in total. The molecular weight excluding hydrogens is 366 g/mol. The van der Waals surface area contributed by atoms with Gasteiger partial charge in [0.1, 0.15) is 5.76 Å². The van der Waals surface area contributed by atoms with Crippen LogP contribution in [0.2, 0.25) is 0 Å². The Morgan fingerprint density at radius 2 is 1.90 bits per heavy atom. The average Bonchev–Trinajstić information content (AvgIpc) is 3.37. The fourth-order valence-corrected chi connectivity index (χ4v) is 4.26. The largest absolute Gasteiger partial charge is 0.464 e. The monoisotopic (exact) mass is 393 g/mol. The first-order valence-electron chi connectivity index (χ1n) is 10.1. The molecule has 152 valence electrons. The molecular formula is C23H27N3O3. The minimum Gasteiger partial charge on any atom is -0.464 e. The van der Waals surface area contributed by atoms with E-state index in [1.807, 2.05) is 61.0 Å². The molecule has 0 radical (unpaired) electrons. The van der Waals surface area contributed by atoms with E-state index in [9.17, 15) is 4.79 Å². The second-order valence-electron chi connectivity index (χ2n) is 7.56. The Balaban J connectivity index is 1.46. The molecule has 2 aromatic heterocycles. The van der Waals surface area contributed by atoms with Gasteiger partial charge in [0.15, 0.2) is 0 Å². The minimum atomic E-state index is -0.520. The average molecular weight is 393 g/mol. The van der Waals surface area contributed by atoms with Crippen molar-refractivity contribution >= 4 is 5.91 Å². The van der Waals surface area contributed by atoms with Gasteiger partial charge < -0.3 is 14.5 Å². The summed E-state index contributed by atoms with van der Waals surface area (Å²) in [7, 11) is 0. The van der Waals surface area contributed by atoms with Crippen LogP contribution in [-0.2, 0) is 21.5 Å². The number of rotatable bonds is 6. The number of carbonyl (C=O) groups excluding carboxylic acids is 1. The fraction of sp³-hybridized carbons (Fsp3) is 0.391. The molecule has 0 unspecified atom stereocenters. The normalized spacial score (nSPS) is 15.9. The molecule has 6 heteroatoms. The Morgan fingerprint density at radius 1 is 1.14 bits per heavy atom. The second kappa shape index (κ2) is 8.25. The zero-order valence-electron chi connectivity index (χ0n) is 17.0. The molecule has 0 bridgehead atoms. The molecule has 1 saturated heterocycles. The molecule has 1 aliphatic heterocycles. The molecule has 0 spiro atoms. The zero-order valence-corrected chi connectivity index (χ0v) is 17.0. The summed E-state index contributed by atoms with van der Waals surface area (Å²) in [5.41, 5.74) is 3.52. The molecule has 3 heterocycles. The molecule has 1 N–H and O–H groups in total. The smallest absolute Gasteiger partial charge is 0.230 e. The summed E-state index contributed by atoms with van der Waals surface area (Å²) in [6, 6.07) is 13.9. The summed E-state index contributed by atoms with van der Waals surface area (Å²) in [5, 5.41) is 7.79. The van der Waals surface area contributed by atoms with Crippen LogP contribution in [0.3, 0.4) is 0 Å². The standard InChI is InChI=1S/C23H27N3O3/c1-17-21(20-9-6-14-29-20)18(2)26(25-17)13-12-24-22(27)23(10-15-28-16-11-23)19-7-4-3-5-8-19/h3-9,14H,10-13,15-16H2,1-2H3,(H,24,27). The van der Waals surface area contributed by atoms with Crippen LogP contribution in [0.5, 0.6) is 0 Å². The Labute approximate surface area is 170 Å². The number of ether oxygens (including phenoxy) is 1. The van der Waals surface area contributed by atoms with Gasteiger partial charge in [-0.3, -0.25) is 9.48 Å². The van der Waals surface area contributed by atoms with E-state index in [1.54, 1.807) is 6.26 Å². The van der Waals surface area contributed by atoms with Crippen LogP contribution < -0.4 is 5.32 Å². The van der Waals surface area contributed by atoms with Crippen molar-refractivity contribution in [2.75, 3.05) is 19.8 Å². The lowest BCUT2D eigenvalue weighted by molar-refractivity contribution is -0.130. The van der Waals surface area contributed by atoms with Crippen LogP contribution in [0.25, 0.3) is 11.3 Å². The Bertz CT molecular complexity index is 955. The third-order valence-corrected chi connectivity index (χ3v) is 5.87. The van der Waals surface area contributed by atoms with E-state index in [2.05, 4.69) is 10.4 Å². The lowest BCUT2D eigenvalue weighted by Gasteiger charge is -2.36. The van der Waals surface area contributed by atoms with Crippen LogP contribution in [0.15, 0.2) is 53.1 Å². The van der Waals surface area contributed by atoms with Gasteiger partial charge in [-0.15, -0.1) is 0 Å². The molecule has 1 aromatic carbocycles. The van der Waals surface area contributed by atoms with Crippen LogP contribution >= 0.6 is 0 Å². The Hall–Kier alpha value is -2.86. The Morgan fingerprint density at radius 3 is 2.59 bits per heavy atom. The summed E-state index contributed by atoms with van der Waals surface area (Å²) in [6.07, 6.45) is 3.07. The van der Waals surface area contributed by atoms with Gasteiger partial charge in [-0.1, -0.05) is 30.3 Å². The topological polar surface area (TPSA) is 69.3 Å². The number of aryl methyl sites for hydroxylation is 1. The molecule has 3 aromatic rings. The number of carbonyl (C=O) groups is 1. The van der Waals surface area contributed by atoms with Gasteiger partial charge in [0.05, 0.1) is 29.5 Å². The second-order valence-corrected chi connectivity index (χ2v) is 7.56. The number of amides is 1. The van der Waals surface area contributed by atoms with E-state index in [0.29, 0.717) is 39.1 Å². The van der Waals surface area contributed by atoms with Crippen molar-refractivity contribution in [3.8, 4) is 11.3 Å². The first-order chi connectivity index (χ1) is 14.1. The molecule has 0 aliphatic carbocycles. The van der Waals surface area contributed by atoms with Crippen molar-refractivity contribution in [1.82, 2.24) is 15.1 Å². The summed E-state index contributed by atoms with van der Waals surface area (Å²) in [4.78, 5) is 13.2. The molecule has 29 heavy (non-hydrogen) atoms. The highest BCUT2D eigenvalue weighted by atomic mass is 16.5. The molecule has 0 saturated carbocycles. The number of nitrogens with one attached hydrogen (secondary N) is 1. The fourth-order valence-electron chi connectivity index (χ4n) is 4.26. The van der Waals surface area contributed by atoms with Gasteiger partial charge in [0.25, 0.3) is 0 Å². The summed E-state index contributed by atoms with van der Waals surface area (Å²) in [6.45, 7) is 6.35. The number of furan rings is 1. The maximum atomic E-state index is 13.2. The van der Waals surface area contributed by atoms with Crippen molar-refractivity contribution < 1.29 is 13.9 Å². The van der Waals surface area contributed by atoms with Crippen molar-refractivity contribution in [3.63, 3.8) is 0 Å². The van der Waals surface area contributed by atoms with Gasteiger partial charge in [-0.25, -0.2) is 0 Å². The molecule has 1 amide bonds. The quantitative estimate of drug-likeness (QED) is 0.694. The van der Waals surface area contributed by atoms with Gasteiger partial charge in [0.2, 0.25) is 5.91 Å². The Kier molecular flexibility index (Phi) is 5.53. The highest BCUT2D eigenvalue weighted by Gasteiger charge is 2.41. The first kappa shape index (κ1) is 19.5. The molecule has 1 aliphatic rings. The lowest BCUT2D eigenvalue weighted by Crippen LogP contribution is -2.48. The molecule has 1 fully saturated rings. The van der Waals surface area contributed by atoms with E-state index in [0.717, 1.165) is 28.3 Å². The third kappa shape index (κ3) is 3.72. The highest BCUT2D eigenvalue weighted by molar-refractivity contribution is 5.88. The maximum Gasteiger partial charge on any atom is 0.230 e. The van der Waals surface area contributed by atoms with E-state index in [4.69, 9.17) is 9.15 Å². The number of hydrogen-bond donors (Lipinski definition) is 1. The van der Waals surface area contributed by atoms with E-state index < -0.39 is 5.41 Å². The first-order valence-corrected chi connectivity index (χ1v) is 10.1. The number of hydrogen-bond acceptors (Lipinski definition) is 4. The van der Waals surface area contributed by atoms with Crippen LogP contribution in [0.1, 0.15) is 29.8 Å². The lowest BCUT2D eigenvalue weighted by atomic mass is 9.73. The number of aromatic nitrogens is 2. The number of nitrogens with zero attached hydrogens (tertiary/aromatic N) is 2. The van der Waals surface area contributed by atoms with Gasteiger partial charge >= 0.3 is 0 Å². The van der Waals surface area contributed by atoms with Gasteiger partial charge in [0, 0.05) is 25.5 Å². The van der Waals surface area contributed by atoms with Gasteiger partial charge in [-0.2, -0.15) is 5.10 Å². The predicted octanol–water partition coefficient (Wildman–Crippen LogP) is 3.62. The van der Waals surface area contributed by atoms with Crippen molar-refractivity contribution in [1.29, 1.82) is 0 Å². The highest BCUT2D eigenvalue weighted by Crippen LogP contribution is 2.35. The SMILES string of the molecule is Cc1nn(CCNC(=O)C2(c3ccccc3)CCOCC2)c(C)c1-c1ccco1. The number of benzene rings is 1. The van der Waals surface area contributed by atoms with Crippen molar-refractivity contribution in [3.05, 3.63) is 65.7 Å². The van der Waals surface area contributed by atoms with Crippen LogP contribution in [-0.4, -0.2) is 35.4 Å². The summed E-state index contributed by atoms with van der Waals surface area (Å²) < 4.78 is 13.0. The van der Waals surface area contributed by atoms with E-state index >= 15 is 0 Å². The van der Waals surface area contributed by atoms with Crippen molar-refractivity contribution in [2.45, 2.75) is 38.6 Å². The molecule has 0 atom stereocenters. The minimum absolute atomic E-state index is 0.0692. The van der Waals surface area contributed by atoms with Crippen LogP contribution in [0, 0.1) is 13.8 Å². The maximum absolute atomic E-state index is 13.2. The van der Waals surface area contributed by atoms with E-state index in [-0.39, 0.29) is 5.91 Å². The van der Waals surface area contributed by atoms with Crippen molar-refractivity contribution in [2.24, 2.45) is 0 Å².